The largest absolute Gasteiger partial charge is 0.478 e. The van der Waals surface area contributed by atoms with Gasteiger partial charge in [0, 0.05) is 17.3 Å². The molecule has 0 fully saturated rings. The molecule has 1 atom stereocenters. The van der Waals surface area contributed by atoms with Crippen LogP contribution in [0.1, 0.15) is 23.5 Å². The van der Waals surface area contributed by atoms with Gasteiger partial charge >= 0.3 is 5.97 Å². The molecule has 0 amide bonds. The van der Waals surface area contributed by atoms with Crippen molar-refractivity contribution in [3.63, 3.8) is 0 Å². The van der Waals surface area contributed by atoms with Crippen molar-refractivity contribution in [3.8, 4) is 0 Å². The standard InChI is InChI=1S/C15H11F2N3O2S/c1-7-11(15(21)22)12(8-2-3-9(16)10(17)6-8)20-13(19-7)14-18-4-5-23-14/h2-6,12H,1H3,(H,19,20)(H,21,22). The highest BCUT2D eigenvalue weighted by molar-refractivity contribution is 7.11. The van der Waals surface area contributed by atoms with Crippen molar-refractivity contribution in [3.05, 3.63) is 63.3 Å². The Morgan fingerprint density at radius 1 is 1.35 bits per heavy atom. The van der Waals surface area contributed by atoms with Crippen LogP contribution in [-0.4, -0.2) is 21.9 Å². The second-order valence-electron chi connectivity index (χ2n) is 4.86. The van der Waals surface area contributed by atoms with Crippen LogP contribution in [0.3, 0.4) is 0 Å². The van der Waals surface area contributed by atoms with E-state index >= 15 is 0 Å². The number of halogens is 2. The van der Waals surface area contributed by atoms with E-state index in [0.29, 0.717) is 16.5 Å². The highest BCUT2D eigenvalue weighted by Gasteiger charge is 2.30. The summed E-state index contributed by atoms with van der Waals surface area (Å²) < 4.78 is 26.7. The third kappa shape index (κ3) is 2.85. The lowest BCUT2D eigenvalue weighted by atomic mass is 9.96. The van der Waals surface area contributed by atoms with Gasteiger partial charge in [-0.15, -0.1) is 11.3 Å². The molecule has 3 rings (SSSR count). The van der Waals surface area contributed by atoms with E-state index in [1.807, 2.05) is 0 Å². The first-order chi connectivity index (χ1) is 11.0. The minimum Gasteiger partial charge on any atom is -0.478 e. The van der Waals surface area contributed by atoms with Crippen LogP contribution in [-0.2, 0) is 4.79 Å². The molecule has 2 heterocycles. The minimum atomic E-state index is -1.17. The molecule has 0 saturated carbocycles. The lowest BCUT2D eigenvalue weighted by Crippen LogP contribution is -2.32. The quantitative estimate of drug-likeness (QED) is 0.904. The van der Waals surface area contributed by atoms with Gasteiger partial charge in [0.15, 0.2) is 22.5 Å². The summed E-state index contributed by atoms with van der Waals surface area (Å²) >= 11 is 1.34. The summed E-state index contributed by atoms with van der Waals surface area (Å²) in [6.45, 7) is 1.60. The number of amidine groups is 1. The van der Waals surface area contributed by atoms with Crippen molar-refractivity contribution in [1.82, 2.24) is 10.3 Å². The fraction of sp³-hybridized carbons (Fsp3) is 0.133. The normalized spacial score (nSPS) is 17.7. The van der Waals surface area contributed by atoms with E-state index in [0.717, 1.165) is 12.1 Å². The fourth-order valence-corrected chi connectivity index (χ4v) is 2.91. The number of aromatic nitrogens is 1. The molecule has 2 aromatic rings. The van der Waals surface area contributed by atoms with E-state index in [2.05, 4.69) is 15.3 Å². The maximum atomic E-state index is 13.5. The maximum Gasteiger partial charge on any atom is 0.335 e. The van der Waals surface area contributed by atoms with E-state index in [9.17, 15) is 18.7 Å². The molecule has 5 nitrogen and oxygen atoms in total. The minimum absolute atomic E-state index is 0.0173. The van der Waals surface area contributed by atoms with Crippen LogP contribution in [0.5, 0.6) is 0 Å². The average molecular weight is 335 g/mol. The molecule has 1 aliphatic rings. The van der Waals surface area contributed by atoms with Gasteiger partial charge in [-0.3, -0.25) is 4.99 Å². The molecule has 1 unspecified atom stereocenters. The zero-order valence-electron chi connectivity index (χ0n) is 11.9. The van der Waals surface area contributed by atoms with Crippen molar-refractivity contribution >= 4 is 23.1 Å². The summed E-state index contributed by atoms with van der Waals surface area (Å²) in [5, 5.41) is 14.7. The van der Waals surface area contributed by atoms with Crippen LogP contribution in [0.2, 0.25) is 0 Å². The van der Waals surface area contributed by atoms with Gasteiger partial charge in [-0.1, -0.05) is 6.07 Å². The van der Waals surface area contributed by atoms with Crippen LogP contribution < -0.4 is 5.32 Å². The van der Waals surface area contributed by atoms with Gasteiger partial charge in [0.2, 0.25) is 0 Å². The molecule has 0 saturated heterocycles. The Kier molecular flexibility index (Phi) is 3.91. The van der Waals surface area contributed by atoms with Gasteiger partial charge in [-0.2, -0.15) is 0 Å². The van der Waals surface area contributed by atoms with E-state index in [-0.39, 0.29) is 11.1 Å². The highest BCUT2D eigenvalue weighted by atomic mass is 32.1. The second kappa shape index (κ2) is 5.88. The number of nitrogens with one attached hydrogen (secondary N) is 1. The van der Waals surface area contributed by atoms with Crippen LogP contribution in [0.15, 0.2) is 46.0 Å². The predicted octanol–water partition coefficient (Wildman–Crippen LogP) is 2.87. The molecule has 118 valence electrons. The Balaban J connectivity index is 2.12. The first-order valence-electron chi connectivity index (χ1n) is 6.61. The molecule has 0 radical (unpaired) electrons. The Morgan fingerprint density at radius 2 is 2.13 bits per heavy atom. The maximum absolute atomic E-state index is 13.5. The summed E-state index contributed by atoms with van der Waals surface area (Å²) in [4.78, 5) is 20.0. The molecule has 1 aromatic carbocycles. The van der Waals surface area contributed by atoms with Crippen LogP contribution in [0.25, 0.3) is 0 Å². The second-order valence-corrected chi connectivity index (χ2v) is 5.75. The van der Waals surface area contributed by atoms with E-state index in [4.69, 9.17) is 0 Å². The molecule has 0 spiro atoms. The van der Waals surface area contributed by atoms with Crippen molar-refractivity contribution < 1.29 is 18.7 Å². The third-order valence-corrected chi connectivity index (χ3v) is 4.15. The lowest BCUT2D eigenvalue weighted by Gasteiger charge is -2.24. The zero-order chi connectivity index (χ0) is 16.6. The van der Waals surface area contributed by atoms with Crippen LogP contribution in [0.4, 0.5) is 8.78 Å². The topological polar surface area (TPSA) is 74.6 Å². The fourth-order valence-electron chi connectivity index (χ4n) is 2.33. The zero-order valence-corrected chi connectivity index (χ0v) is 12.7. The SMILES string of the molecule is CC1=C(C(=O)O)C(c2ccc(F)c(F)c2)N=C(c2nccs2)N1. The summed E-state index contributed by atoms with van der Waals surface area (Å²) in [7, 11) is 0. The number of aliphatic carboxylic acids is 1. The van der Waals surface area contributed by atoms with Gasteiger partial charge in [0.1, 0.15) is 6.04 Å². The van der Waals surface area contributed by atoms with Gasteiger partial charge < -0.3 is 10.4 Å². The van der Waals surface area contributed by atoms with Crippen molar-refractivity contribution in [1.29, 1.82) is 0 Å². The summed E-state index contributed by atoms with van der Waals surface area (Å²) in [5.74, 6) is -2.82. The molecule has 0 bridgehead atoms. The van der Waals surface area contributed by atoms with E-state index in [1.54, 1.807) is 18.5 Å². The number of carbonyl (C=O) groups is 1. The smallest absolute Gasteiger partial charge is 0.335 e. The monoisotopic (exact) mass is 335 g/mol. The number of allylic oxidation sites excluding steroid dienone is 1. The number of hydrogen-bond acceptors (Lipinski definition) is 5. The van der Waals surface area contributed by atoms with Gasteiger partial charge in [0.25, 0.3) is 0 Å². The molecular weight excluding hydrogens is 324 g/mol. The van der Waals surface area contributed by atoms with Crippen LogP contribution in [0, 0.1) is 11.6 Å². The first kappa shape index (κ1) is 15.3. The number of carboxylic acids is 1. The van der Waals surface area contributed by atoms with Crippen molar-refractivity contribution in [2.75, 3.05) is 0 Å². The van der Waals surface area contributed by atoms with Gasteiger partial charge in [-0.05, 0) is 24.6 Å². The third-order valence-electron chi connectivity index (χ3n) is 3.37. The number of aliphatic imine (C=N–C) groups is 1. The molecule has 2 N–H and O–H groups in total. The summed E-state index contributed by atoms with van der Waals surface area (Å²) in [5.41, 5.74) is 0.625. The number of carboxylic acid groups (broad SMARTS) is 1. The molecule has 0 aliphatic carbocycles. The Labute approximate surface area is 134 Å². The van der Waals surface area contributed by atoms with Crippen LogP contribution >= 0.6 is 11.3 Å². The Bertz CT molecular complexity index is 831. The average Bonchev–Trinajstić information content (AvgIpc) is 3.03. The van der Waals surface area contributed by atoms with Gasteiger partial charge in [0.05, 0.1) is 5.57 Å². The van der Waals surface area contributed by atoms with Crippen molar-refractivity contribution in [2.45, 2.75) is 13.0 Å². The Morgan fingerprint density at radius 3 is 2.74 bits per heavy atom. The van der Waals surface area contributed by atoms with E-state index < -0.39 is 23.6 Å². The molecule has 23 heavy (non-hydrogen) atoms. The number of hydrogen-bond donors (Lipinski definition) is 2. The Hall–Kier alpha value is -2.61. The van der Waals surface area contributed by atoms with Gasteiger partial charge in [-0.25, -0.2) is 18.6 Å². The first-order valence-corrected chi connectivity index (χ1v) is 7.49. The molecular formula is C15H11F2N3O2S. The summed E-state index contributed by atoms with van der Waals surface area (Å²) in [6, 6.07) is 2.31. The predicted molar refractivity (Wildman–Crippen MR) is 81.2 cm³/mol. The molecule has 8 heteroatoms. The summed E-state index contributed by atoms with van der Waals surface area (Å²) in [6.07, 6.45) is 1.60. The van der Waals surface area contributed by atoms with E-state index in [1.165, 1.54) is 17.4 Å². The van der Waals surface area contributed by atoms with Crippen molar-refractivity contribution in [2.24, 2.45) is 4.99 Å². The highest BCUT2D eigenvalue weighted by Crippen LogP contribution is 2.32. The lowest BCUT2D eigenvalue weighted by molar-refractivity contribution is -0.133. The number of rotatable bonds is 3. The number of nitrogens with zero attached hydrogens (tertiary/aromatic N) is 2. The number of benzene rings is 1. The molecule has 1 aromatic heterocycles. The number of thiazole rings is 1. The molecule has 1 aliphatic heterocycles.